The molecule has 3 heterocycles. The number of hydrogen-bond donors (Lipinski definition) is 2. The Kier molecular flexibility index (Phi) is 14.5. The summed E-state index contributed by atoms with van der Waals surface area (Å²) >= 11 is 0. The van der Waals surface area contributed by atoms with Gasteiger partial charge in [0.25, 0.3) is 0 Å². The van der Waals surface area contributed by atoms with Crippen LogP contribution in [0.1, 0.15) is 42.7 Å². The molecule has 0 saturated carbocycles. The summed E-state index contributed by atoms with van der Waals surface area (Å²) in [4.78, 5) is 25.1. The van der Waals surface area contributed by atoms with Crippen molar-refractivity contribution in [3.05, 3.63) is 120 Å². The standard InChI is InChI=1S/C41H48O13/c1-3-21-46-40-38(52-32(44)20-19-26(2)43)36(34-31(51-40)25-49-39(53-34)29-17-11-6-12-18-29)54-41-37(48-24-28-15-9-5-10-16-28)35(33(45)30(22-42)50-41)47-23-27-13-7-4-8-14-27/h3-18,30-31,33-42,45H,1,19-25H2,2H3/t30-,31-,33+,34+,35+,36+,37-,38-,39?,40-,41?/m1/s1. The van der Waals surface area contributed by atoms with Gasteiger partial charge in [-0.25, -0.2) is 0 Å². The van der Waals surface area contributed by atoms with E-state index >= 15 is 0 Å². The summed E-state index contributed by atoms with van der Waals surface area (Å²) in [6, 6.07) is 28.2. The minimum Gasteiger partial charge on any atom is -0.454 e. The Morgan fingerprint density at radius 3 is 2.02 bits per heavy atom. The summed E-state index contributed by atoms with van der Waals surface area (Å²) < 4.78 is 56.9. The average molecular weight is 749 g/mol. The van der Waals surface area contributed by atoms with Crippen molar-refractivity contribution < 1.29 is 62.4 Å². The number of aliphatic hydroxyl groups is 2. The van der Waals surface area contributed by atoms with Crippen molar-refractivity contribution in [1.82, 2.24) is 0 Å². The largest absolute Gasteiger partial charge is 0.454 e. The van der Waals surface area contributed by atoms with Gasteiger partial charge in [0, 0.05) is 12.0 Å². The second-order valence-corrected chi connectivity index (χ2v) is 13.3. The molecule has 0 radical (unpaired) electrons. The number of Topliss-reactive ketones (excluding diaryl/α,β-unsaturated/α-hetero) is 1. The first-order valence-electron chi connectivity index (χ1n) is 18.1. The summed E-state index contributed by atoms with van der Waals surface area (Å²) in [6.07, 6.45) is -10.6. The van der Waals surface area contributed by atoms with E-state index in [2.05, 4.69) is 6.58 Å². The first-order valence-corrected chi connectivity index (χ1v) is 18.1. The number of hydrogen-bond acceptors (Lipinski definition) is 13. The van der Waals surface area contributed by atoms with Crippen LogP contribution in [-0.2, 0) is 65.4 Å². The molecule has 0 bridgehead atoms. The lowest BCUT2D eigenvalue weighted by Gasteiger charge is -2.51. The third-order valence-electron chi connectivity index (χ3n) is 9.34. The van der Waals surface area contributed by atoms with Crippen LogP contribution in [0.25, 0.3) is 0 Å². The van der Waals surface area contributed by atoms with Gasteiger partial charge in [-0.2, -0.15) is 0 Å². The lowest BCUT2D eigenvalue weighted by atomic mass is 9.95. The molecule has 0 spiro atoms. The number of carbonyl (C=O) groups is 2. The maximum absolute atomic E-state index is 13.3. The van der Waals surface area contributed by atoms with E-state index in [1.807, 2.05) is 91.0 Å². The van der Waals surface area contributed by atoms with E-state index in [1.54, 1.807) is 0 Å². The van der Waals surface area contributed by atoms with Crippen molar-refractivity contribution in [3.63, 3.8) is 0 Å². The first-order chi connectivity index (χ1) is 26.3. The van der Waals surface area contributed by atoms with E-state index in [1.165, 1.54) is 13.0 Å². The smallest absolute Gasteiger partial charge is 0.306 e. The Hall–Kier alpha value is -3.86. The molecule has 0 aromatic heterocycles. The summed E-state index contributed by atoms with van der Waals surface area (Å²) in [7, 11) is 0. The monoisotopic (exact) mass is 748 g/mol. The first kappa shape index (κ1) is 39.8. The molecule has 54 heavy (non-hydrogen) atoms. The lowest BCUT2D eigenvalue weighted by molar-refractivity contribution is -0.395. The number of aliphatic hydroxyl groups excluding tert-OH is 2. The van der Waals surface area contributed by atoms with Crippen LogP contribution in [-0.4, -0.2) is 103 Å². The molecule has 13 heteroatoms. The number of ether oxygens (including phenoxy) is 9. The highest BCUT2D eigenvalue weighted by Crippen LogP contribution is 2.39. The Balaban J connectivity index is 1.36. The van der Waals surface area contributed by atoms with Crippen molar-refractivity contribution in [1.29, 1.82) is 0 Å². The summed E-state index contributed by atoms with van der Waals surface area (Å²) in [6.45, 7) is 4.91. The fourth-order valence-corrected chi connectivity index (χ4v) is 6.60. The molecule has 3 saturated heterocycles. The molecule has 3 aromatic rings. The number of carbonyl (C=O) groups excluding carboxylic acids is 2. The third kappa shape index (κ3) is 10.3. The zero-order valence-corrected chi connectivity index (χ0v) is 30.1. The van der Waals surface area contributed by atoms with Gasteiger partial charge in [-0.1, -0.05) is 97.1 Å². The van der Waals surface area contributed by atoms with E-state index in [4.69, 9.17) is 42.6 Å². The van der Waals surface area contributed by atoms with Crippen LogP contribution < -0.4 is 0 Å². The minimum atomic E-state index is -1.31. The van der Waals surface area contributed by atoms with Gasteiger partial charge in [0.1, 0.15) is 48.5 Å². The van der Waals surface area contributed by atoms with Crippen molar-refractivity contribution >= 4 is 11.8 Å². The van der Waals surface area contributed by atoms with Gasteiger partial charge in [-0.05, 0) is 18.1 Å². The highest BCUT2D eigenvalue weighted by molar-refractivity contribution is 5.81. The van der Waals surface area contributed by atoms with Crippen LogP contribution in [0.3, 0.4) is 0 Å². The topological polar surface area (TPSA) is 158 Å². The van der Waals surface area contributed by atoms with Gasteiger partial charge in [-0.3, -0.25) is 4.79 Å². The Bertz CT molecular complexity index is 1610. The van der Waals surface area contributed by atoms with E-state index in [-0.39, 0.29) is 45.1 Å². The van der Waals surface area contributed by atoms with Gasteiger partial charge in [0.15, 0.2) is 25.0 Å². The number of rotatable bonds is 17. The normalized spacial score (nSPS) is 30.9. The molecule has 0 aliphatic carbocycles. The number of esters is 1. The predicted molar refractivity (Wildman–Crippen MR) is 191 cm³/mol. The van der Waals surface area contributed by atoms with Crippen LogP contribution in [0.5, 0.6) is 0 Å². The lowest BCUT2D eigenvalue weighted by Crippen LogP contribution is -2.67. The van der Waals surface area contributed by atoms with E-state index in [0.29, 0.717) is 0 Å². The molecule has 3 aromatic carbocycles. The van der Waals surface area contributed by atoms with Gasteiger partial charge in [-0.15, -0.1) is 6.58 Å². The second-order valence-electron chi connectivity index (χ2n) is 13.3. The molecule has 11 atom stereocenters. The number of ketones is 1. The molecule has 3 fully saturated rings. The summed E-state index contributed by atoms with van der Waals surface area (Å²) in [5.41, 5.74) is 2.44. The van der Waals surface area contributed by atoms with Crippen LogP contribution in [0.2, 0.25) is 0 Å². The highest BCUT2D eigenvalue weighted by Gasteiger charge is 2.56. The Labute approximate surface area is 314 Å². The quantitative estimate of drug-likeness (QED) is 0.151. The number of benzene rings is 3. The van der Waals surface area contributed by atoms with E-state index in [0.717, 1.165) is 16.7 Å². The maximum atomic E-state index is 13.3. The zero-order valence-electron chi connectivity index (χ0n) is 30.1. The molecule has 290 valence electrons. The average Bonchev–Trinajstić information content (AvgIpc) is 3.20. The van der Waals surface area contributed by atoms with Crippen molar-refractivity contribution in [2.24, 2.45) is 0 Å². The molecule has 0 amide bonds. The number of fused-ring (bicyclic) bond motifs is 1. The predicted octanol–water partition coefficient (Wildman–Crippen LogP) is 3.94. The van der Waals surface area contributed by atoms with Gasteiger partial charge in [0.2, 0.25) is 0 Å². The third-order valence-corrected chi connectivity index (χ3v) is 9.34. The zero-order chi connectivity index (χ0) is 37.9. The fourth-order valence-electron chi connectivity index (χ4n) is 6.60. The minimum absolute atomic E-state index is 0.0276. The Morgan fingerprint density at radius 1 is 0.778 bits per heavy atom. The SMILES string of the molecule is C=CCO[C@@H]1O[C@@H]2COC(c3ccccc3)O[C@@H]2[C@H](OC2O[C@H](CO)[C@H](O)[C@H](OCc3ccccc3)[C@H]2OCc2ccccc2)[C@H]1OC(=O)CCC(C)=O. The van der Waals surface area contributed by atoms with Crippen molar-refractivity contribution in [2.45, 2.75) is 101 Å². The summed E-state index contributed by atoms with van der Waals surface area (Å²) in [5.74, 6) is -0.860. The molecule has 3 aliphatic heterocycles. The second kappa shape index (κ2) is 19.6. The Morgan fingerprint density at radius 2 is 1.41 bits per heavy atom. The maximum Gasteiger partial charge on any atom is 0.306 e. The molecular weight excluding hydrogens is 700 g/mol. The molecule has 3 aliphatic rings. The summed E-state index contributed by atoms with van der Waals surface area (Å²) in [5, 5.41) is 21.9. The van der Waals surface area contributed by atoms with Crippen molar-refractivity contribution in [2.75, 3.05) is 19.8 Å². The van der Waals surface area contributed by atoms with Gasteiger partial charge < -0.3 is 57.6 Å². The molecule has 2 unspecified atom stereocenters. The molecule has 2 N–H and O–H groups in total. The van der Waals surface area contributed by atoms with E-state index in [9.17, 15) is 19.8 Å². The molecule has 13 nitrogen and oxygen atoms in total. The van der Waals surface area contributed by atoms with Crippen LogP contribution in [0.4, 0.5) is 0 Å². The molecular formula is C41H48O13. The van der Waals surface area contributed by atoms with Crippen LogP contribution >= 0.6 is 0 Å². The van der Waals surface area contributed by atoms with Crippen LogP contribution in [0.15, 0.2) is 104 Å². The van der Waals surface area contributed by atoms with Gasteiger partial charge in [0.05, 0.1) is 39.5 Å². The van der Waals surface area contributed by atoms with Crippen LogP contribution in [0, 0.1) is 0 Å². The van der Waals surface area contributed by atoms with Gasteiger partial charge >= 0.3 is 5.97 Å². The molecule has 6 rings (SSSR count). The van der Waals surface area contributed by atoms with E-state index < -0.39 is 80.3 Å². The van der Waals surface area contributed by atoms with Crippen molar-refractivity contribution in [3.8, 4) is 0 Å². The highest BCUT2D eigenvalue weighted by atomic mass is 16.8. The fraction of sp³-hybridized carbons (Fsp3) is 0.463.